The van der Waals surface area contributed by atoms with Crippen molar-refractivity contribution in [1.82, 2.24) is 21.8 Å². The van der Waals surface area contributed by atoms with Crippen molar-refractivity contribution in [3.8, 4) is 0 Å². The van der Waals surface area contributed by atoms with Gasteiger partial charge in [-0.05, 0) is 12.8 Å². The summed E-state index contributed by atoms with van der Waals surface area (Å²) >= 11 is 0. The molecule has 15 heavy (non-hydrogen) atoms. The maximum atomic E-state index is 4.69. The van der Waals surface area contributed by atoms with E-state index in [1.54, 1.807) is 0 Å². The van der Waals surface area contributed by atoms with Gasteiger partial charge in [-0.2, -0.15) is 5.10 Å². The monoisotopic (exact) mass is 215 g/mol. The first kappa shape index (κ1) is 12.4. The van der Waals surface area contributed by atoms with Gasteiger partial charge >= 0.3 is 0 Å². The Bertz CT molecular complexity index is 125. The van der Waals surface area contributed by atoms with E-state index in [4.69, 9.17) is 4.84 Å². The number of nitrogens with zero attached hydrogens (tertiary/aromatic N) is 1. The van der Waals surface area contributed by atoms with Crippen molar-refractivity contribution in [2.24, 2.45) is 5.10 Å². The van der Waals surface area contributed by atoms with Gasteiger partial charge in [0.1, 0.15) is 0 Å². The summed E-state index contributed by atoms with van der Waals surface area (Å²) in [6.07, 6.45) is 5.42. The van der Waals surface area contributed by atoms with Crippen molar-refractivity contribution in [3.05, 3.63) is 0 Å². The smallest absolute Gasteiger partial charge is 0.0695 e. The first-order chi connectivity index (χ1) is 7.50. The fourth-order valence-electron chi connectivity index (χ4n) is 1.13. The quantitative estimate of drug-likeness (QED) is 0.433. The summed E-state index contributed by atoms with van der Waals surface area (Å²) in [7, 11) is 0. The van der Waals surface area contributed by atoms with Crippen LogP contribution in [0.2, 0.25) is 0 Å². The molecule has 0 unspecified atom stereocenters. The third kappa shape index (κ3) is 8.31. The summed E-state index contributed by atoms with van der Waals surface area (Å²) in [4.78, 5) is 4.69. The molecule has 6 heteroatoms. The third-order valence-corrected chi connectivity index (χ3v) is 1.92. The van der Waals surface area contributed by atoms with E-state index in [1.165, 1.54) is 12.8 Å². The second kappa shape index (κ2) is 9.85. The molecule has 0 aliphatic carbocycles. The van der Waals surface area contributed by atoms with Crippen LogP contribution in [0.25, 0.3) is 0 Å². The van der Waals surface area contributed by atoms with Gasteiger partial charge in [0.25, 0.3) is 0 Å². The molecular formula is C9H21N5O. The predicted molar refractivity (Wildman–Crippen MR) is 60.3 cm³/mol. The standard InChI is InChI=1S/C3H8N2.C3H6N2.C3H7NO/c3*1-2-4-5-3-1/h4-5H,1-3H2;2,5H,1,3H2;4H,1-3H2. The van der Waals surface area contributed by atoms with Crippen LogP contribution in [-0.2, 0) is 4.84 Å². The SMILES string of the molecule is C1=NNCC1.C1CNNC1.C1CNOC1. The molecule has 0 amide bonds. The molecule has 0 spiro atoms. The van der Waals surface area contributed by atoms with Gasteiger partial charge in [-0.25, -0.2) is 5.48 Å². The van der Waals surface area contributed by atoms with Crippen LogP contribution >= 0.6 is 0 Å². The molecule has 3 rings (SSSR count). The maximum absolute atomic E-state index is 4.69. The van der Waals surface area contributed by atoms with E-state index in [1.807, 2.05) is 6.21 Å². The largest absolute Gasteiger partial charge is 0.310 e. The molecule has 2 saturated heterocycles. The Labute approximate surface area is 90.8 Å². The van der Waals surface area contributed by atoms with E-state index in [-0.39, 0.29) is 0 Å². The first-order valence-corrected chi connectivity index (χ1v) is 5.55. The van der Waals surface area contributed by atoms with Crippen LogP contribution in [-0.4, -0.2) is 39.0 Å². The van der Waals surface area contributed by atoms with Gasteiger partial charge in [0.05, 0.1) is 6.61 Å². The number of hydrazine groups is 1. The second-order valence-corrected chi connectivity index (χ2v) is 3.31. The van der Waals surface area contributed by atoms with Crippen LogP contribution in [0.3, 0.4) is 0 Å². The minimum Gasteiger partial charge on any atom is -0.310 e. The average Bonchev–Trinajstić information content (AvgIpc) is 3.09. The minimum atomic E-state index is 0.889. The van der Waals surface area contributed by atoms with Crippen LogP contribution in [0.15, 0.2) is 5.10 Å². The summed E-state index contributed by atoms with van der Waals surface area (Å²) in [5.74, 6) is 0. The molecule has 0 atom stereocenters. The van der Waals surface area contributed by atoms with Gasteiger partial charge in [0.2, 0.25) is 0 Å². The average molecular weight is 215 g/mol. The summed E-state index contributed by atoms with van der Waals surface area (Å²) in [6.45, 7) is 5.22. The van der Waals surface area contributed by atoms with Crippen LogP contribution in [0.5, 0.6) is 0 Å². The normalized spacial score (nSPS) is 22.4. The molecule has 0 aromatic rings. The van der Waals surface area contributed by atoms with Gasteiger partial charge in [-0.1, -0.05) is 0 Å². The lowest BCUT2D eigenvalue weighted by Crippen LogP contribution is -2.21. The first-order valence-electron chi connectivity index (χ1n) is 5.55. The molecule has 0 aromatic carbocycles. The van der Waals surface area contributed by atoms with E-state index >= 15 is 0 Å². The Morgan fingerprint density at radius 1 is 1.00 bits per heavy atom. The van der Waals surface area contributed by atoms with Crippen molar-refractivity contribution in [3.63, 3.8) is 0 Å². The van der Waals surface area contributed by atoms with E-state index in [2.05, 4.69) is 26.9 Å². The summed E-state index contributed by atoms with van der Waals surface area (Å²) < 4.78 is 0. The second-order valence-electron chi connectivity index (χ2n) is 3.31. The number of hydrazone groups is 1. The molecule has 4 N–H and O–H groups in total. The van der Waals surface area contributed by atoms with Crippen LogP contribution in [0.1, 0.15) is 19.3 Å². The summed E-state index contributed by atoms with van der Waals surface area (Å²) in [5.41, 5.74) is 11.5. The highest BCUT2D eigenvalue weighted by Crippen LogP contribution is 1.83. The third-order valence-electron chi connectivity index (χ3n) is 1.92. The molecule has 88 valence electrons. The number of hydroxylamine groups is 1. The molecule has 0 saturated carbocycles. The maximum Gasteiger partial charge on any atom is 0.0695 e. The van der Waals surface area contributed by atoms with Crippen molar-refractivity contribution < 1.29 is 4.84 Å². The lowest BCUT2D eigenvalue weighted by molar-refractivity contribution is 0.103. The van der Waals surface area contributed by atoms with Gasteiger partial charge < -0.3 is 10.3 Å². The predicted octanol–water partition coefficient (Wildman–Crippen LogP) is -0.639. The summed E-state index contributed by atoms with van der Waals surface area (Å²) in [5, 5.41) is 3.71. The number of hydrogen-bond donors (Lipinski definition) is 4. The zero-order chi connectivity index (χ0) is 10.6. The summed E-state index contributed by atoms with van der Waals surface area (Å²) in [6, 6.07) is 0. The highest BCUT2D eigenvalue weighted by Gasteiger charge is 1.93. The number of hydrogen-bond acceptors (Lipinski definition) is 6. The van der Waals surface area contributed by atoms with E-state index < -0.39 is 0 Å². The van der Waals surface area contributed by atoms with Crippen molar-refractivity contribution in [2.45, 2.75) is 19.3 Å². The van der Waals surface area contributed by atoms with Crippen molar-refractivity contribution in [1.29, 1.82) is 0 Å². The van der Waals surface area contributed by atoms with Crippen LogP contribution < -0.4 is 21.8 Å². The fourth-order valence-corrected chi connectivity index (χ4v) is 1.13. The fraction of sp³-hybridized carbons (Fsp3) is 0.889. The van der Waals surface area contributed by atoms with Gasteiger partial charge in [0, 0.05) is 38.8 Å². The Morgan fingerprint density at radius 3 is 2.07 bits per heavy atom. The van der Waals surface area contributed by atoms with Crippen molar-refractivity contribution in [2.75, 3.05) is 32.8 Å². The van der Waals surface area contributed by atoms with E-state index in [9.17, 15) is 0 Å². The highest BCUT2D eigenvalue weighted by molar-refractivity contribution is 5.58. The minimum absolute atomic E-state index is 0.889. The Kier molecular flexibility index (Phi) is 8.13. The Hall–Kier alpha value is -0.690. The van der Waals surface area contributed by atoms with Crippen molar-refractivity contribution >= 4 is 6.21 Å². The molecule has 0 radical (unpaired) electrons. The number of nitrogens with one attached hydrogen (secondary N) is 4. The van der Waals surface area contributed by atoms with Gasteiger partial charge in [0.15, 0.2) is 0 Å². The molecule has 0 bridgehead atoms. The topological polar surface area (TPSA) is 69.7 Å². The molecule has 3 aliphatic rings. The van der Waals surface area contributed by atoms with Crippen LogP contribution in [0, 0.1) is 0 Å². The Morgan fingerprint density at radius 2 is 1.87 bits per heavy atom. The molecular weight excluding hydrogens is 194 g/mol. The van der Waals surface area contributed by atoms with Crippen LogP contribution in [0.4, 0.5) is 0 Å². The lowest BCUT2D eigenvalue weighted by atomic mass is 10.5. The van der Waals surface area contributed by atoms with Gasteiger partial charge in [-0.3, -0.25) is 10.9 Å². The zero-order valence-electron chi connectivity index (χ0n) is 9.09. The molecule has 3 aliphatic heterocycles. The van der Waals surface area contributed by atoms with Gasteiger partial charge in [-0.15, -0.1) is 0 Å². The molecule has 2 fully saturated rings. The lowest BCUT2D eigenvalue weighted by Gasteiger charge is -1.81. The molecule has 6 nitrogen and oxygen atoms in total. The number of rotatable bonds is 0. The zero-order valence-corrected chi connectivity index (χ0v) is 9.09. The Balaban J connectivity index is 0.000000112. The highest BCUT2D eigenvalue weighted by atomic mass is 16.6. The van der Waals surface area contributed by atoms with E-state index in [0.29, 0.717) is 0 Å². The van der Waals surface area contributed by atoms with E-state index in [0.717, 1.165) is 39.2 Å². The molecule has 0 aromatic heterocycles. The molecule has 3 heterocycles.